The number of carbonyl (C=O) groups is 2. The molecule has 0 spiro atoms. The van der Waals surface area contributed by atoms with Gasteiger partial charge >= 0.3 is 0 Å². The maximum atomic E-state index is 12.5. The second-order valence-corrected chi connectivity index (χ2v) is 7.00. The van der Waals surface area contributed by atoms with Gasteiger partial charge < -0.3 is 15.4 Å². The highest BCUT2D eigenvalue weighted by Gasteiger charge is 2.27. The first-order valence-corrected chi connectivity index (χ1v) is 9.31. The average molecular weight is 375 g/mol. The zero-order valence-corrected chi connectivity index (χ0v) is 15.3. The predicted molar refractivity (Wildman–Crippen MR) is 97.1 cm³/mol. The van der Waals surface area contributed by atoms with E-state index in [4.69, 9.17) is 10.5 Å². The second-order valence-electron chi connectivity index (χ2n) is 6.05. The highest BCUT2D eigenvalue weighted by molar-refractivity contribution is 7.99. The topological polar surface area (TPSA) is 103 Å². The van der Waals surface area contributed by atoms with E-state index in [-0.39, 0.29) is 23.5 Å². The van der Waals surface area contributed by atoms with Gasteiger partial charge in [-0.05, 0) is 25.0 Å². The van der Waals surface area contributed by atoms with Crippen molar-refractivity contribution in [3.05, 3.63) is 30.6 Å². The lowest BCUT2D eigenvalue weighted by Gasteiger charge is -2.31. The molecule has 0 unspecified atom stereocenters. The van der Waals surface area contributed by atoms with Gasteiger partial charge in [0, 0.05) is 19.2 Å². The molecule has 1 fully saturated rings. The molecule has 2 aromatic rings. The van der Waals surface area contributed by atoms with Crippen LogP contribution in [-0.2, 0) is 9.59 Å². The minimum Gasteiger partial charge on any atom is -0.497 e. The lowest BCUT2D eigenvalue weighted by molar-refractivity contribution is -0.132. The first-order chi connectivity index (χ1) is 12.6. The number of nitrogens with zero attached hydrogens (tertiary/aromatic N) is 4. The summed E-state index contributed by atoms with van der Waals surface area (Å²) in [6.45, 7) is 1.06. The molecule has 2 N–H and O–H groups in total. The number of likely N-dealkylation sites (tertiary alicyclic amines) is 1. The first kappa shape index (κ1) is 18.2. The smallest absolute Gasteiger partial charge is 0.233 e. The SMILES string of the molecule is COc1cccc(-n2cnnc2SCC(=O)N2CCC[C@@H](C(N)=O)C2)c1. The van der Waals surface area contributed by atoms with Crippen molar-refractivity contribution >= 4 is 23.6 Å². The molecule has 0 radical (unpaired) electrons. The Morgan fingerprint density at radius 3 is 3.04 bits per heavy atom. The van der Waals surface area contributed by atoms with Crippen LogP contribution in [0.15, 0.2) is 35.7 Å². The number of aromatic nitrogens is 3. The fraction of sp³-hybridized carbons (Fsp3) is 0.412. The van der Waals surface area contributed by atoms with Crippen LogP contribution in [0.3, 0.4) is 0 Å². The summed E-state index contributed by atoms with van der Waals surface area (Å²) in [6, 6.07) is 7.53. The third-order valence-corrected chi connectivity index (χ3v) is 5.28. The van der Waals surface area contributed by atoms with E-state index in [1.54, 1.807) is 18.3 Å². The Hall–Kier alpha value is -2.55. The lowest BCUT2D eigenvalue weighted by Crippen LogP contribution is -2.44. The number of piperidine rings is 1. The molecular weight excluding hydrogens is 354 g/mol. The molecule has 3 rings (SSSR count). The maximum Gasteiger partial charge on any atom is 0.233 e. The predicted octanol–water partition coefficient (Wildman–Crippen LogP) is 1.09. The number of nitrogens with two attached hydrogens (primary N) is 1. The molecule has 1 aliphatic heterocycles. The fourth-order valence-electron chi connectivity index (χ4n) is 2.91. The van der Waals surface area contributed by atoms with E-state index in [1.807, 2.05) is 28.8 Å². The summed E-state index contributed by atoms with van der Waals surface area (Å²) >= 11 is 1.31. The van der Waals surface area contributed by atoms with Crippen LogP contribution in [0, 0.1) is 5.92 Å². The standard InChI is InChI=1S/C17H21N5O3S/c1-25-14-6-2-5-13(8-14)22-11-19-20-17(22)26-10-15(23)21-7-3-4-12(9-21)16(18)24/h2,5-6,8,11-12H,3-4,7,9-10H2,1H3,(H2,18,24)/t12-/m1/s1. The van der Waals surface area contributed by atoms with E-state index >= 15 is 0 Å². The first-order valence-electron chi connectivity index (χ1n) is 8.33. The van der Waals surface area contributed by atoms with Crippen molar-refractivity contribution in [2.75, 3.05) is 26.0 Å². The number of hydrogen-bond acceptors (Lipinski definition) is 6. The summed E-state index contributed by atoms with van der Waals surface area (Å²) in [6.07, 6.45) is 3.14. The number of benzene rings is 1. The Morgan fingerprint density at radius 1 is 1.42 bits per heavy atom. The van der Waals surface area contributed by atoms with E-state index in [1.165, 1.54) is 11.8 Å². The van der Waals surface area contributed by atoms with Gasteiger partial charge in [-0.25, -0.2) is 0 Å². The zero-order chi connectivity index (χ0) is 18.5. The molecule has 1 aromatic carbocycles. The zero-order valence-electron chi connectivity index (χ0n) is 14.5. The van der Waals surface area contributed by atoms with Crippen LogP contribution in [0.5, 0.6) is 5.75 Å². The second kappa shape index (κ2) is 8.22. The summed E-state index contributed by atoms with van der Waals surface area (Å²) in [4.78, 5) is 25.6. The molecule has 1 saturated heterocycles. The van der Waals surface area contributed by atoms with Gasteiger partial charge in [0.05, 0.1) is 24.5 Å². The molecule has 8 nitrogen and oxygen atoms in total. The van der Waals surface area contributed by atoms with Crippen molar-refractivity contribution in [2.24, 2.45) is 11.7 Å². The quantitative estimate of drug-likeness (QED) is 0.758. The van der Waals surface area contributed by atoms with Gasteiger partial charge in [-0.2, -0.15) is 0 Å². The summed E-state index contributed by atoms with van der Waals surface area (Å²) in [5.41, 5.74) is 6.23. The molecule has 1 aromatic heterocycles. The van der Waals surface area contributed by atoms with Gasteiger partial charge in [-0.1, -0.05) is 17.8 Å². The Balaban J connectivity index is 1.64. The summed E-state index contributed by atoms with van der Waals surface area (Å²) in [5.74, 6) is 0.343. The average Bonchev–Trinajstić information content (AvgIpc) is 3.15. The molecule has 2 amide bonds. The number of hydrogen-bond donors (Lipinski definition) is 1. The van der Waals surface area contributed by atoms with Crippen molar-refractivity contribution in [3.63, 3.8) is 0 Å². The lowest BCUT2D eigenvalue weighted by atomic mass is 9.97. The van der Waals surface area contributed by atoms with Gasteiger partial charge in [0.15, 0.2) is 5.16 Å². The van der Waals surface area contributed by atoms with Crippen LogP contribution >= 0.6 is 11.8 Å². The highest BCUT2D eigenvalue weighted by Crippen LogP contribution is 2.23. The minimum atomic E-state index is -0.340. The Bertz CT molecular complexity index is 794. The Morgan fingerprint density at radius 2 is 2.27 bits per heavy atom. The molecular formula is C17H21N5O3S. The Kier molecular flexibility index (Phi) is 5.77. The largest absolute Gasteiger partial charge is 0.497 e. The molecule has 1 atom stereocenters. The Labute approximate surface area is 155 Å². The van der Waals surface area contributed by atoms with E-state index < -0.39 is 0 Å². The van der Waals surface area contributed by atoms with Crippen LogP contribution in [-0.4, -0.2) is 57.4 Å². The van der Waals surface area contributed by atoms with Gasteiger partial charge in [0.1, 0.15) is 12.1 Å². The van der Waals surface area contributed by atoms with Crippen molar-refractivity contribution in [2.45, 2.75) is 18.0 Å². The number of methoxy groups -OCH3 is 1. The molecule has 0 bridgehead atoms. The fourth-order valence-corrected chi connectivity index (χ4v) is 3.75. The molecule has 138 valence electrons. The maximum absolute atomic E-state index is 12.5. The van der Waals surface area contributed by atoms with E-state index in [9.17, 15) is 9.59 Å². The third kappa shape index (κ3) is 4.16. The normalized spacial score (nSPS) is 17.1. The molecule has 26 heavy (non-hydrogen) atoms. The minimum absolute atomic E-state index is 0.0267. The molecule has 9 heteroatoms. The molecule has 0 saturated carbocycles. The van der Waals surface area contributed by atoms with Crippen molar-refractivity contribution in [3.8, 4) is 11.4 Å². The monoisotopic (exact) mass is 375 g/mol. The van der Waals surface area contributed by atoms with Crippen LogP contribution in [0.2, 0.25) is 0 Å². The molecule has 0 aliphatic carbocycles. The molecule has 2 heterocycles. The molecule has 1 aliphatic rings. The van der Waals surface area contributed by atoms with Gasteiger partial charge in [0.2, 0.25) is 11.8 Å². The number of rotatable bonds is 6. The van der Waals surface area contributed by atoms with Gasteiger partial charge in [0.25, 0.3) is 0 Å². The van der Waals surface area contributed by atoms with Crippen LogP contribution in [0.1, 0.15) is 12.8 Å². The number of amides is 2. The highest BCUT2D eigenvalue weighted by atomic mass is 32.2. The van der Waals surface area contributed by atoms with E-state index in [0.717, 1.165) is 24.3 Å². The van der Waals surface area contributed by atoms with Crippen molar-refractivity contribution in [1.82, 2.24) is 19.7 Å². The van der Waals surface area contributed by atoms with E-state index in [2.05, 4.69) is 10.2 Å². The van der Waals surface area contributed by atoms with Crippen LogP contribution < -0.4 is 10.5 Å². The number of ether oxygens (including phenoxy) is 1. The number of carbonyl (C=O) groups excluding carboxylic acids is 2. The summed E-state index contributed by atoms with van der Waals surface area (Å²) in [5, 5.41) is 8.66. The summed E-state index contributed by atoms with van der Waals surface area (Å²) in [7, 11) is 1.61. The number of primary amides is 1. The van der Waals surface area contributed by atoms with Crippen molar-refractivity contribution < 1.29 is 14.3 Å². The van der Waals surface area contributed by atoms with Gasteiger partial charge in [-0.15, -0.1) is 10.2 Å². The van der Waals surface area contributed by atoms with Gasteiger partial charge in [-0.3, -0.25) is 14.2 Å². The third-order valence-electron chi connectivity index (χ3n) is 4.35. The van der Waals surface area contributed by atoms with Crippen LogP contribution in [0.4, 0.5) is 0 Å². The van der Waals surface area contributed by atoms with Crippen LogP contribution in [0.25, 0.3) is 5.69 Å². The van der Waals surface area contributed by atoms with Crippen molar-refractivity contribution in [1.29, 1.82) is 0 Å². The van der Waals surface area contributed by atoms with E-state index in [0.29, 0.717) is 18.2 Å². The number of thioether (sulfide) groups is 1. The summed E-state index contributed by atoms with van der Waals surface area (Å²) < 4.78 is 7.05.